The Balaban J connectivity index is 2.19. The smallest absolute Gasteiger partial charge is 0.335 e. The molecule has 2 rings (SSSR count). The SMILES string of the molecule is O=C(O)c1ccc(NC(=O)c2ccc(Cl)nn2)c(F)c1. The molecule has 2 aromatic rings. The van der Waals surface area contributed by atoms with Crippen LogP contribution in [0.15, 0.2) is 30.3 Å². The second-order valence-electron chi connectivity index (χ2n) is 3.70. The van der Waals surface area contributed by atoms with Crippen molar-refractivity contribution < 1.29 is 19.1 Å². The number of nitrogens with zero attached hydrogens (tertiary/aromatic N) is 2. The molecule has 1 amide bonds. The first-order valence-electron chi connectivity index (χ1n) is 5.31. The summed E-state index contributed by atoms with van der Waals surface area (Å²) in [5, 5.41) is 18.1. The van der Waals surface area contributed by atoms with Gasteiger partial charge in [-0.2, -0.15) is 0 Å². The summed E-state index contributed by atoms with van der Waals surface area (Å²) < 4.78 is 13.6. The fourth-order valence-corrected chi connectivity index (χ4v) is 1.47. The van der Waals surface area contributed by atoms with Crippen molar-refractivity contribution in [2.45, 2.75) is 0 Å². The molecule has 0 aliphatic carbocycles. The Morgan fingerprint density at radius 1 is 1.20 bits per heavy atom. The summed E-state index contributed by atoms with van der Waals surface area (Å²) in [5.74, 6) is -2.80. The average molecular weight is 296 g/mol. The van der Waals surface area contributed by atoms with Crippen LogP contribution >= 0.6 is 11.6 Å². The monoisotopic (exact) mass is 295 g/mol. The number of carboxylic acid groups (broad SMARTS) is 1. The summed E-state index contributed by atoms with van der Waals surface area (Å²) in [4.78, 5) is 22.4. The Labute approximate surface area is 117 Å². The van der Waals surface area contributed by atoms with E-state index in [0.717, 1.165) is 12.1 Å². The first-order chi connectivity index (χ1) is 9.47. The fraction of sp³-hybridized carbons (Fsp3) is 0. The van der Waals surface area contributed by atoms with Gasteiger partial charge in [0, 0.05) is 0 Å². The molecule has 0 saturated carbocycles. The van der Waals surface area contributed by atoms with Crippen molar-refractivity contribution in [3.05, 3.63) is 52.6 Å². The lowest BCUT2D eigenvalue weighted by atomic mass is 10.2. The number of benzene rings is 1. The lowest BCUT2D eigenvalue weighted by Gasteiger charge is -2.06. The number of carbonyl (C=O) groups is 2. The third kappa shape index (κ3) is 3.07. The van der Waals surface area contributed by atoms with Crippen LogP contribution in [0.4, 0.5) is 10.1 Å². The van der Waals surface area contributed by atoms with E-state index in [9.17, 15) is 14.0 Å². The molecule has 1 aromatic carbocycles. The Hall–Kier alpha value is -2.54. The van der Waals surface area contributed by atoms with E-state index in [2.05, 4.69) is 15.5 Å². The van der Waals surface area contributed by atoms with Gasteiger partial charge in [-0.25, -0.2) is 9.18 Å². The van der Waals surface area contributed by atoms with Crippen molar-refractivity contribution in [3.63, 3.8) is 0 Å². The molecular weight excluding hydrogens is 289 g/mol. The molecule has 0 atom stereocenters. The molecule has 102 valence electrons. The van der Waals surface area contributed by atoms with Crippen molar-refractivity contribution in [2.24, 2.45) is 0 Å². The Kier molecular flexibility index (Phi) is 3.90. The van der Waals surface area contributed by atoms with Crippen LogP contribution < -0.4 is 5.32 Å². The quantitative estimate of drug-likeness (QED) is 0.906. The molecule has 0 aliphatic rings. The average Bonchev–Trinajstić information content (AvgIpc) is 2.41. The maximum atomic E-state index is 13.6. The Morgan fingerprint density at radius 3 is 2.50 bits per heavy atom. The van der Waals surface area contributed by atoms with Gasteiger partial charge in [-0.1, -0.05) is 11.6 Å². The molecule has 2 N–H and O–H groups in total. The van der Waals surface area contributed by atoms with Crippen molar-refractivity contribution in [1.29, 1.82) is 0 Å². The summed E-state index contributed by atoms with van der Waals surface area (Å²) in [6.07, 6.45) is 0. The number of amides is 1. The van der Waals surface area contributed by atoms with Gasteiger partial charge >= 0.3 is 5.97 Å². The number of rotatable bonds is 3. The van der Waals surface area contributed by atoms with E-state index in [-0.39, 0.29) is 22.1 Å². The van der Waals surface area contributed by atoms with Crippen LogP contribution in [-0.2, 0) is 0 Å². The first-order valence-corrected chi connectivity index (χ1v) is 5.68. The highest BCUT2D eigenvalue weighted by Gasteiger charge is 2.13. The van der Waals surface area contributed by atoms with Crippen molar-refractivity contribution >= 4 is 29.2 Å². The van der Waals surface area contributed by atoms with Crippen LogP contribution in [-0.4, -0.2) is 27.2 Å². The standard InChI is InChI=1S/C12H7ClFN3O3/c13-10-4-3-9(16-17-10)11(18)15-8-2-1-6(12(19)20)5-7(8)14/h1-5H,(H,15,18)(H,19,20). The summed E-state index contributed by atoms with van der Waals surface area (Å²) in [5.41, 5.74) is -0.417. The molecule has 1 aromatic heterocycles. The number of carbonyl (C=O) groups excluding carboxylic acids is 1. The van der Waals surface area contributed by atoms with Crippen molar-refractivity contribution in [2.75, 3.05) is 5.32 Å². The molecule has 0 unspecified atom stereocenters. The molecular formula is C12H7ClFN3O3. The van der Waals surface area contributed by atoms with Crippen LogP contribution in [0, 0.1) is 5.82 Å². The van der Waals surface area contributed by atoms with E-state index in [4.69, 9.17) is 16.7 Å². The zero-order chi connectivity index (χ0) is 14.7. The minimum Gasteiger partial charge on any atom is -0.478 e. The highest BCUT2D eigenvalue weighted by Crippen LogP contribution is 2.16. The normalized spacial score (nSPS) is 10.1. The van der Waals surface area contributed by atoms with Gasteiger partial charge in [-0.3, -0.25) is 4.79 Å². The van der Waals surface area contributed by atoms with Crippen LogP contribution in [0.25, 0.3) is 0 Å². The van der Waals surface area contributed by atoms with Gasteiger partial charge in [-0.05, 0) is 30.3 Å². The van der Waals surface area contributed by atoms with E-state index < -0.39 is 17.7 Å². The van der Waals surface area contributed by atoms with E-state index in [0.29, 0.717) is 0 Å². The molecule has 0 bridgehead atoms. The number of carboxylic acids is 1. The van der Waals surface area contributed by atoms with Crippen molar-refractivity contribution in [3.8, 4) is 0 Å². The van der Waals surface area contributed by atoms with Gasteiger partial charge < -0.3 is 10.4 Å². The Morgan fingerprint density at radius 2 is 1.95 bits per heavy atom. The third-order valence-electron chi connectivity index (χ3n) is 2.33. The summed E-state index contributed by atoms with van der Waals surface area (Å²) in [6.45, 7) is 0. The highest BCUT2D eigenvalue weighted by atomic mass is 35.5. The van der Waals surface area contributed by atoms with Gasteiger partial charge in [0.2, 0.25) is 0 Å². The predicted octanol–water partition coefficient (Wildman–Crippen LogP) is 2.22. The zero-order valence-corrected chi connectivity index (χ0v) is 10.6. The number of nitrogens with one attached hydrogen (secondary N) is 1. The molecule has 0 saturated heterocycles. The number of aromatic carboxylic acids is 1. The van der Waals surface area contributed by atoms with Gasteiger partial charge in [-0.15, -0.1) is 10.2 Å². The molecule has 1 heterocycles. The highest BCUT2D eigenvalue weighted by molar-refractivity contribution is 6.29. The minimum absolute atomic E-state index is 0.0453. The van der Waals surface area contributed by atoms with E-state index >= 15 is 0 Å². The maximum Gasteiger partial charge on any atom is 0.335 e. The van der Waals surface area contributed by atoms with Crippen LogP contribution in [0.5, 0.6) is 0 Å². The van der Waals surface area contributed by atoms with E-state index in [1.54, 1.807) is 0 Å². The van der Waals surface area contributed by atoms with Gasteiger partial charge in [0.15, 0.2) is 10.8 Å². The van der Waals surface area contributed by atoms with Crippen LogP contribution in [0.2, 0.25) is 5.15 Å². The third-order valence-corrected chi connectivity index (χ3v) is 2.53. The topological polar surface area (TPSA) is 92.2 Å². The number of hydrogen-bond acceptors (Lipinski definition) is 4. The van der Waals surface area contributed by atoms with Crippen LogP contribution in [0.1, 0.15) is 20.8 Å². The number of anilines is 1. The lowest BCUT2D eigenvalue weighted by Crippen LogP contribution is -2.15. The van der Waals surface area contributed by atoms with Crippen molar-refractivity contribution in [1.82, 2.24) is 10.2 Å². The Bertz CT molecular complexity index is 676. The van der Waals surface area contributed by atoms with Gasteiger partial charge in [0.05, 0.1) is 11.3 Å². The summed E-state index contributed by atoms with van der Waals surface area (Å²) in [7, 11) is 0. The molecule has 6 nitrogen and oxygen atoms in total. The summed E-state index contributed by atoms with van der Waals surface area (Å²) >= 11 is 5.53. The number of hydrogen-bond donors (Lipinski definition) is 2. The number of aromatic nitrogens is 2. The van der Waals surface area contributed by atoms with E-state index in [1.165, 1.54) is 18.2 Å². The first kappa shape index (κ1) is 13.9. The van der Waals surface area contributed by atoms with E-state index in [1.807, 2.05) is 0 Å². The van der Waals surface area contributed by atoms with Gasteiger partial charge in [0.25, 0.3) is 5.91 Å². The zero-order valence-electron chi connectivity index (χ0n) is 9.80. The number of halogens is 2. The molecule has 20 heavy (non-hydrogen) atoms. The largest absolute Gasteiger partial charge is 0.478 e. The van der Waals surface area contributed by atoms with Crippen LogP contribution in [0.3, 0.4) is 0 Å². The molecule has 8 heteroatoms. The second-order valence-corrected chi connectivity index (χ2v) is 4.08. The minimum atomic E-state index is -1.26. The summed E-state index contributed by atoms with van der Waals surface area (Å²) in [6, 6.07) is 5.83. The fourth-order valence-electron chi connectivity index (χ4n) is 1.37. The molecule has 0 aliphatic heterocycles. The second kappa shape index (κ2) is 5.62. The van der Waals surface area contributed by atoms with Gasteiger partial charge in [0.1, 0.15) is 5.82 Å². The molecule has 0 spiro atoms. The maximum absolute atomic E-state index is 13.6. The molecule has 0 fully saturated rings. The lowest BCUT2D eigenvalue weighted by molar-refractivity contribution is 0.0696. The predicted molar refractivity (Wildman–Crippen MR) is 68.4 cm³/mol. The molecule has 0 radical (unpaired) electrons.